The number of nitrogens with zero attached hydrogens (tertiary/aromatic N) is 1. The predicted molar refractivity (Wildman–Crippen MR) is 33.6 cm³/mol. The molecule has 1 aromatic heterocycles. The van der Waals surface area contributed by atoms with E-state index in [1.807, 2.05) is 0 Å². The first-order chi connectivity index (χ1) is 4.43. The van der Waals surface area contributed by atoms with Crippen LogP contribution in [0.3, 0.4) is 0 Å². The van der Waals surface area contributed by atoms with Crippen LogP contribution in [0.15, 0.2) is 17.6 Å². The quantitative estimate of drug-likeness (QED) is 0.468. The molecule has 0 saturated heterocycles. The van der Waals surface area contributed by atoms with Gasteiger partial charge in [-0.2, -0.15) is 0 Å². The van der Waals surface area contributed by atoms with Crippen LogP contribution < -0.4 is 4.72 Å². The molecule has 0 aromatic carbocycles. The molecule has 48 valence electrons. The summed E-state index contributed by atoms with van der Waals surface area (Å²) in [4.78, 5) is 16.3. The van der Waals surface area contributed by atoms with E-state index >= 15 is 0 Å². The SMILES string of the molecule is O=CNSc1cnc[nH]1. The standard InChI is InChI=1S/C4H5N3OS/c8-3-7-9-4-1-5-2-6-4/h1-3H,(H,5,6)(H,7,8). The largest absolute Gasteiger partial charge is 0.338 e. The van der Waals surface area contributed by atoms with E-state index < -0.39 is 0 Å². The molecule has 0 aliphatic carbocycles. The summed E-state index contributed by atoms with van der Waals surface area (Å²) in [6.45, 7) is 0. The zero-order chi connectivity index (χ0) is 6.53. The van der Waals surface area contributed by atoms with Crippen LogP contribution in [-0.4, -0.2) is 16.4 Å². The minimum atomic E-state index is 0.617. The minimum absolute atomic E-state index is 0.617. The summed E-state index contributed by atoms with van der Waals surface area (Å²) < 4.78 is 2.42. The number of aromatic amines is 1. The van der Waals surface area contributed by atoms with Crippen molar-refractivity contribution in [3.63, 3.8) is 0 Å². The Morgan fingerprint density at radius 1 is 1.89 bits per heavy atom. The number of H-pyrrole nitrogens is 1. The molecule has 0 unspecified atom stereocenters. The maximum absolute atomic E-state index is 9.73. The first-order valence-electron chi connectivity index (χ1n) is 2.28. The fourth-order valence-corrected chi connectivity index (χ4v) is 0.787. The molecule has 2 N–H and O–H groups in total. The van der Waals surface area contributed by atoms with Crippen molar-refractivity contribution in [1.29, 1.82) is 0 Å². The van der Waals surface area contributed by atoms with E-state index in [1.54, 1.807) is 12.5 Å². The molecule has 4 nitrogen and oxygen atoms in total. The molecule has 1 amide bonds. The van der Waals surface area contributed by atoms with E-state index in [-0.39, 0.29) is 0 Å². The van der Waals surface area contributed by atoms with Crippen LogP contribution in [0, 0.1) is 0 Å². The van der Waals surface area contributed by atoms with Crippen molar-refractivity contribution in [2.75, 3.05) is 0 Å². The van der Waals surface area contributed by atoms with Crippen molar-refractivity contribution in [1.82, 2.24) is 14.7 Å². The molecule has 0 aliphatic heterocycles. The van der Waals surface area contributed by atoms with Gasteiger partial charge in [0, 0.05) is 11.9 Å². The van der Waals surface area contributed by atoms with Gasteiger partial charge in [0.2, 0.25) is 6.41 Å². The van der Waals surface area contributed by atoms with Crippen LogP contribution in [0.4, 0.5) is 0 Å². The molecule has 0 radical (unpaired) electrons. The van der Waals surface area contributed by atoms with E-state index in [4.69, 9.17) is 0 Å². The number of nitrogens with one attached hydrogen (secondary N) is 2. The number of aromatic nitrogens is 2. The summed E-state index contributed by atoms with van der Waals surface area (Å²) in [5.74, 6) is 0. The molecule has 1 aromatic rings. The number of imidazole rings is 1. The Balaban J connectivity index is 2.38. The van der Waals surface area contributed by atoms with E-state index in [2.05, 4.69) is 14.7 Å². The lowest BCUT2D eigenvalue weighted by Crippen LogP contribution is -1.96. The number of carbonyl (C=O) groups excluding carboxylic acids is 1. The van der Waals surface area contributed by atoms with Crippen molar-refractivity contribution in [3.8, 4) is 0 Å². The maximum atomic E-state index is 9.73. The molecule has 5 heteroatoms. The van der Waals surface area contributed by atoms with E-state index in [0.717, 1.165) is 5.03 Å². The smallest absolute Gasteiger partial charge is 0.217 e. The molecule has 0 saturated carbocycles. The van der Waals surface area contributed by atoms with Crippen LogP contribution in [0.2, 0.25) is 0 Å². The lowest BCUT2D eigenvalue weighted by molar-refractivity contribution is -0.107. The third-order valence-electron chi connectivity index (χ3n) is 0.690. The Hall–Kier alpha value is -0.970. The Kier molecular flexibility index (Phi) is 2.14. The highest BCUT2D eigenvalue weighted by molar-refractivity contribution is 7.97. The van der Waals surface area contributed by atoms with Gasteiger partial charge < -0.3 is 4.98 Å². The molecule has 0 aliphatic rings. The molecule has 1 rings (SSSR count). The summed E-state index contributed by atoms with van der Waals surface area (Å²) in [6, 6.07) is 0. The zero-order valence-electron chi connectivity index (χ0n) is 4.50. The highest BCUT2D eigenvalue weighted by Crippen LogP contribution is 2.06. The third kappa shape index (κ3) is 1.77. The second-order valence-corrected chi connectivity index (χ2v) is 2.13. The van der Waals surface area contributed by atoms with Crippen LogP contribution in [0.1, 0.15) is 0 Å². The van der Waals surface area contributed by atoms with Gasteiger partial charge in [-0.1, -0.05) is 0 Å². The second-order valence-electron chi connectivity index (χ2n) is 1.25. The topological polar surface area (TPSA) is 57.8 Å². The van der Waals surface area contributed by atoms with Crippen molar-refractivity contribution >= 4 is 18.4 Å². The van der Waals surface area contributed by atoms with Crippen molar-refractivity contribution in [2.45, 2.75) is 5.03 Å². The van der Waals surface area contributed by atoms with Crippen LogP contribution in [0.5, 0.6) is 0 Å². The summed E-state index contributed by atoms with van der Waals surface area (Å²) in [6.07, 6.45) is 3.79. The predicted octanol–water partition coefficient (Wildman–Crippen LogP) is 0.163. The highest BCUT2D eigenvalue weighted by Gasteiger charge is 1.89. The van der Waals surface area contributed by atoms with Gasteiger partial charge in [-0.3, -0.25) is 9.52 Å². The summed E-state index contributed by atoms with van der Waals surface area (Å²) in [5, 5.41) is 0.821. The van der Waals surface area contributed by atoms with Gasteiger partial charge in [-0.25, -0.2) is 4.98 Å². The first-order valence-corrected chi connectivity index (χ1v) is 3.09. The maximum Gasteiger partial charge on any atom is 0.217 e. The summed E-state index contributed by atoms with van der Waals surface area (Å²) >= 11 is 1.19. The van der Waals surface area contributed by atoms with E-state index in [9.17, 15) is 4.79 Å². The summed E-state index contributed by atoms with van der Waals surface area (Å²) in [7, 11) is 0. The van der Waals surface area contributed by atoms with Gasteiger partial charge in [0.05, 0.1) is 12.5 Å². The highest BCUT2D eigenvalue weighted by atomic mass is 32.2. The molecular weight excluding hydrogens is 138 g/mol. The zero-order valence-corrected chi connectivity index (χ0v) is 5.31. The first kappa shape index (κ1) is 6.15. The van der Waals surface area contributed by atoms with E-state index in [0.29, 0.717) is 6.41 Å². The molecule has 0 atom stereocenters. The lowest BCUT2D eigenvalue weighted by Gasteiger charge is -1.88. The fraction of sp³-hybridized carbons (Fsp3) is 0. The number of hydrogen-bond donors (Lipinski definition) is 2. The van der Waals surface area contributed by atoms with Crippen LogP contribution in [0.25, 0.3) is 0 Å². The Morgan fingerprint density at radius 2 is 2.78 bits per heavy atom. The second kappa shape index (κ2) is 3.13. The average Bonchev–Trinajstić information content (AvgIpc) is 2.34. The number of rotatable bonds is 3. The van der Waals surface area contributed by atoms with Crippen molar-refractivity contribution in [2.24, 2.45) is 0 Å². The number of carbonyl (C=O) groups is 1. The van der Waals surface area contributed by atoms with Gasteiger partial charge >= 0.3 is 0 Å². The fourth-order valence-electron chi connectivity index (χ4n) is 0.386. The van der Waals surface area contributed by atoms with Gasteiger partial charge in [-0.15, -0.1) is 0 Å². The number of amides is 1. The Bertz CT molecular complexity index is 174. The van der Waals surface area contributed by atoms with Crippen LogP contribution in [-0.2, 0) is 4.79 Å². The third-order valence-corrected chi connectivity index (χ3v) is 1.35. The Labute approximate surface area is 56.2 Å². The van der Waals surface area contributed by atoms with Crippen LogP contribution >= 0.6 is 11.9 Å². The van der Waals surface area contributed by atoms with Gasteiger partial charge in [0.25, 0.3) is 0 Å². The van der Waals surface area contributed by atoms with Gasteiger partial charge in [0.1, 0.15) is 5.03 Å². The van der Waals surface area contributed by atoms with E-state index in [1.165, 1.54) is 11.9 Å². The van der Waals surface area contributed by atoms with Gasteiger partial charge in [0.15, 0.2) is 0 Å². The molecular formula is C4H5N3OS. The normalized spacial score (nSPS) is 8.89. The molecule has 0 bridgehead atoms. The van der Waals surface area contributed by atoms with Crippen molar-refractivity contribution < 1.29 is 4.79 Å². The number of hydrogen-bond acceptors (Lipinski definition) is 3. The monoisotopic (exact) mass is 143 g/mol. The molecule has 9 heavy (non-hydrogen) atoms. The summed E-state index contributed by atoms with van der Waals surface area (Å²) in [5.41, 5.74) is 0. The minimum Gasteiger partial charge on any atom is -0.338 e. The average molecular weight is 143 g/mol. The Morgan fingerprint density at radius 3 is 3.33 bits per heavy atom. The molecule has 0 spiro atoms. The van der Waals surface area contributed by atoms with Crippen molar-refractivity contribution in [3.05, 3.63) is 12.5 Å². The molecule has 1 heterocycles. The molecule has 0 fully saturated rings. The lowest BCUT2D eigenvalue weighted by atomic mass is 11.0. The van der Waals surface area contributed by atoms with Gasteiger partial charge in [-0.05, 0) is 0 Å².